The van der Waals surface area contributed by atoms with Crippen LogP contribution in [0, 0.1) is 5.92 Å². The maximum Gasteiger partial charge on any atom is 0.228 e. The molecular weight excluding hydrogens is 294 g/mol. The van der Waals surface area contributed by atoms with Crippen molar-refractivity contribution in [2.24, 2.45) is 5.92 Å². The van der Waals surface area contributed by atoms with Crippen LogP contribution in [0.4, 0.5) is 5.82 Å². The molecule has 6 nitrogen and oxygen atoms in total. The van der Waals surface area contributed by atoms with Crippen molar-refractivity contribution in [3.8, 4) is 5.75 Å². The zero-order chi connectivity index (χ0) is 16.2. The average molecular weight is 319 g/mol. The maximum atomic E-state index is 12.5. The van der Waals surface area contributed by atoms with Crippen LogP contribution in [-0.4, -0.2) is 62.3 Å². The van der Waals surface area contributed by atoms with Gasteiger partial charge in [-0.05, 0) is 25.0 Å². The Balaban J connectivity index is 1.59. The van der Waals surface area contributed by atoms with Crippen molar-refractivity contribution in [3.05, 3.63) is 18.3 Å². The summed E-state index contributed by atoms with van der Waals surface area (Å²) in [6, 6.07) is 3.81. The summed E-state index contributed by atoms with van der Waals surface area (Å²) in [5.74, 6) is 1.84. The van der Waals surface area contributed by atoms with E-state index in [0.29, 0.717) is 13.2 Å². The van der Waals surface area contributed by atoms with Gasteiger partial charge in [-0.25, -0.2) is 4.98 Å². The molecule has 0 radical (unpaired) electrons. The molecule has 6 heteroatoms. The van der Waals surface area contributed by atoms with Crippen LogP contribution in [0.3, 0.4) is 0 Å². The monoisotopic (exact) mass is 319 g/mol. The lowest BCUT2D eigenvalue weighted by Crippen LogP contribution is -2.39. The first-order chi connectivity index (χ1) is 11.1. The predicted molar refractivity (Wildman–Crippen MR) is 87.7 cm³/mol. The van der Waals surface area contributed by atoms with Crippen molar-refractivity contribution < 1.29 is 14.3 Å². The normalized spacial score (nSPS) is 24.5. The highest BCUT2D eigenvalue weighted by Gasteiger charge is 2.33. The summed E-state index contributed by atoms with van der Waals surface area (Å²) < 4.78 is 11.5. The van der Waals surface area contributed by atoms with Gasteiger partial charge in [0.15, 0.2) is 11.6 Å². The van der Waals surface area contributed by atoms with E-state index < -0.39 is 0 Å². The Bertz CT molecular complexity index is 544. The number of amides is 1. The molecule has 2 atom stereocenters. The van der Waals surface area contributed by atoms with E-state index >= 15 is 0 Å². The highest BCUT2D eigenvalue weighted by Crippen LogP contribution is 2.27. The van der Waals surface area contributed by atoms with Gasteiger partial charge in [-0.3, -0.25) is 4.79 Å². The lowest BCUT2D eigenvalue weighted by Gasteiger charge is -2.26. The molecule has 1 aromatic heterocycles. The Morgan fingerprint density at radius 2 is 2.30 bits per heavy atom. The number of nitrogens with zero attached hydrogens (tertiary/aromatic N) is 3. The highest BCUT2D eigenvalue weighted by molar-refractivity contribution is 5.79. The van der Waals surface area contributed by atoms with E-state index in [-0.39, 0.29) is 17.9 Å². The number of rotatable bonds is 4. The molecule has 2 aliphatic rings. The lowest BCUT2D eigenvalue weighted by atomic mass is 10.0. The second-order valence-electron chi connectivity index (χ2n) is 6.45. The summed E-state index contributed by atoms with van der Waals surface area (Å²) >= 11 is 0. The number of pyridine rings is 1. The molecule has 1 amide bonds. The third kappa shape index (κ3) is 3.75. The molecule has 2 aliphatic heterocycles. The summed E-state index contributed by atoms with van der Waals surface area (Å²) in [6.45, 7) is 2.76. The number of hydrogen-bond acceptors (Lipinski definition) is 5. The van der Waals surface area contributed by atoms with Crippen LogP contribution in [-0.2, 0) is 9.53 Å². The Morgan fingerprint density at radius 1 is 1.43 bits per heavy atom. The number of carbonyl (C=O) groups is 1. The molecule has 3 rings (SSSR count). The van der Waals surface area contributed by atoms with Gasteiger partial charge in [0.2, 0.25) is 5.91 Å². The topological polar surface area (TPSA) is 54.9 Å². The molecule has 2 saturated heterocycles. The minimum Gasteiger partial charge on any atom is -0.485 e. The van der Waals surface area contributed by atoms with Crippen LogP contribution in [0.1, 0.15) is 19.3 Å². The van der Waals surface area contributed by atoms with Crippen LogP contribution >= 0.6 is 0 Å². The number of aromatic nitrogens is 1. The average Bonchev–Trinajstić information content (AvgIpc) is 3.04. The number of anilines is 1. The quantitative estimate of drug-likeness (QED) is 0.843. The van der Waals surface area contributed by atoms with Crippen molar-refractivity contribution in [1.29, 1.82) is 0 Å². The van der Waals surface area contributed by atoms with Crippen molar-refractivity contribution >= 4 is 11.7 Å². The molecule has 0 spiro atoms. The van der Waals surface area contributed by atoms with Crippen molar-refractivity contribution in [1.82, 2.24) is 9.88 Å². The molecule has 3 heterocycles. The fourth-order valence-corrected chi connectivity index (χ4v) is 3.21. The summed E-state index contributed by atoms with van der Waals surface area (Å²) in [6.07, 6.45) is 4.57. The predicted octanol–water partition coefficient (Wildman–Crippen LogP) is 1.55. The largest absolute Gasteiger partial charge is 0.485 e. The standard InChI is InChI=1S/C17H25N3O3/c1-19(2)16-15(6-3-8-18-16)23-14-7-9-20(11-14)17(21)13-5-4-10-22-12-13/h3,6,8,13-14H,4-5,7,9-12H2,1-2H3/t13-,14-/m1/s1. The van der Waals surface area contributed by atoms with E-state index in [1.54, 1.807) is 6.20 Å². The smallest absolute Gasteiger partial charge is 0.228 e. The molecule has 126 valence electrons. The van der Waals surface area contributed by atoms with E-state index in [1.807, 2.05) is 36.0 Å². The third-order valence-corrected chi connectivity index (χ3v) is 4.43. The molecule has 2 fully saturated rings. The van der Waals surface area contributed by atoms with Gasteiger partial charge < -0.3 is 19.3 Å². The molecule has 0 aliphatic carbocycles. The summed E-state index contributed by atoms with van der Waals surface area (Å²) in [5, 5.41) is 0. The number of likely N-dealkylation sites (tertiary alicyclic amines) is 1. The first-order valence-corrected chi connectivity index (χ1v) is 8.30. The zero-order valence-corrected chi connectivity index (χ0v) is 13.9. The summed E-state index contributed by atoms with van der Waals surface area (Å²) in [4.78, 5) is 20.8. The highest BCUT2D eigenvalue weighted by atomic mass is 16.5. The van der Waals surface area contributed by atoms with Gasteiger partial charge >= 0.3 is 0 Å². The SMILES string of the molecule is CN(C)c1ncccc1O[C@@H]1CCN(C(=O)[C@@H]2CCCOC2)C1. The zero-order valence-electron chi connectivity index (χ0n) is 13.9. The number of ether oxygens (including phenoxy) is 2. The van der Waals surface area contributed by atoms with Crippen LogP contribution in [0.5, 0.6) is 5.75 Å². The van der Waals surface area contributed by atoms with E-state index in [1.165, 1.54) is 0 Å². The minimum atomic E-state index is 0.0261. The second kappa shape index (κ2) is 7.17. The third-order valence-electron chi connectivity index (χ3n) is 4.43. The van der Waals surface area contributed by atoms with Gasteiger partial charge in [-0.2, -0.15) is 0 Å². The number of hydrogen-bond donors (Lipinski definition) is 0. The van der Waals surface area contributed by atoms with Gasteiger partial charge in [-0.15, -0.1) is 0 Å². The molecule has 0 bridgehead atoms. The van der Waals surface area contributed by atoms with Crippen molar-refractivity contribution in [3.63, 3.8) is 0 Å². The number of carbonyl (C=O) groups excluding carboxylic acids is 1. The van der Waals surface area contributed by atoms with E-state index in [2.05, 4.69) is 4.98 Å². The Kier molecular flexibility index (Phi) is 5.00. The molecule has 0 N–H and O–H groups in total. The van der Waals surface area contributed by atoms with E-state index in [9.17, 15) is 4.79 Å². The molecule has 1 aromatic rings. The fraction of sp³-hybridized carbons (Fsp3) is 0.647. The van der Waals surface area contributed by atoms with Gasteiger partial charge in [0, 0.05) is 39.9 Å². The molecule has 0 saturated carbocycles. The summed E-state index contributed by atoms with van der Waals surface area (Å²) in [7, 11) is 3.89. The van der Waals surface area contributed by atoms with Crippen LogP contribution in [0.2, 0.25) is 0 Å². The molecule has 0 aromatic carbocycles. The minimum absolute atomic E-state index is 0.0261. The van der Waals surface area contributed by atoms with Crippen molar-refractivity contribution in [2.45, 2.75) is 25.4 Å². The van der Waals surface area contributed by atoms with Gasteiger partial charge in [0.05, 0.1) is 19.1 Å². The Morgan fingerprint density at radius 3 is 3.04 bits per heavy atom. The molecular formula is C17H25N3O3. The molecule has 23 heavy (non-hydrogen) atoms. The Hall–Kier alpha value is -1.82. The second-order valence-corrected chi connectivity index (χ2v) is 6.45. The van der Waals surface area contributed by atoms with Crippen LogP contribution < -0.4 is 9.64 Å². The summed E-state index contributed by atoms with van der Waals surface area (Å²) in [5.41, 5.74) is 0. The van der Waals surface area contributed by atoms with Crippen LogP contribution in [0.25, 0.3) is 0 Å². The fourth-order valence-electron chi connectivity index (χ4n) is 3.21. The van der Waals surface area contributed by atoms with Gasteiger partial charge in [0.25, 0.3) is 0 Å². The first-order valence-electron chi connectivity index (χ1n) is 8.30. The van der Waals surface area contributed by atoms with Crippen molar-refractivity contribution in [2.75, 3.05) is 45.3 Å². The van der Waals surface area contributed by atoms with Gasteiger partial charge in [-0.1, -0.05) is 0 Å². The first kappa shape index (κ1) is 16.1. The Labute approximate surface area is 137 Å². The lowest BCUT2D eigenvalue weighted by molar-refractivity contribution is -0.138. The van der Waals surface area contributed by atoms with Gasteiger partial charge in [0.1, 0.15) is 6.10 Å². The maximum absolute atomic E-state index is 12.5. The molecule has 0 unspecified atom stereocenters. The van der Waals surface area contributed by atoms with E-state index in [0.717, 1.165) is 44.0 Å². The van der Waals surface area contributed by atoms with Crippen LogP contribution in [0.15, 0.2) is 18.3 Å². The van der Waals surface area contributed by atoms with E-state index in [4.69, 9.17) is 9.47 Å².